The van der Waals surface area contributed by atoms with Gasteiger partial charge in [-0.05, 0) is 48.1 Å². The number of ether oxygens (including phenoxy) is 3. The number of Topliss-reactive ketones (excluding diaryl/α,β-unsaturated/α-hetero) is 1. The van der Waals surface area contributed by atoms with Crippen LogP contribution in [0.1, 0.15) is 69.1 Å². The molecule has 1 aliphatic rings. The number of methoxy groups -OCH3 is 1. The molecule has 1 atom stereocenters. The average Bonchev–Trinajstić information content (AvgIpc) is 3.58. The van der Waals surface area contributed by atoms with Gasteiger partial charge in [-0.25, -0.2) is 19.7 Å². The molecule has 0 spiro atoms. The summed E-state index contributed by atoms with van der Waals surface area (Å²) in [7, 11) is 0.435. The molecule has 1 unspecified atom stereocenters. The van der Waals surface area contributed by atoms with Crippen molar-refractivity contribution >= 4 is 33.0 Å². The summed E-state index contributed by atoms with van der Waals surface area (Å²) in [6, 6.07) is 5.64. The molecule has 11 heteroatoms. The summed E-state index contributed by atoms with van der Waals surface area (Å²) in [6.45, 7) is 12.3. The number of benzene rings is 1. The fraction of sp³-hybridized carbons (Fsp3) is 0.516. The number of fused-ring (bicyclic) bond motifs is 3. The highest BCUT2D eigenvalue weighted by molar-refractivity contribution is 8.32. The molecule has 0 radical (unpaired) electrons. The van der Waals surface area contributed by atoms with E-state index in [0.717, 1.165) is 35.7 Å². The standard InChI is InChI=1S/C22H27N5O3S2.C9H20O/c1-12(28)19-16-10-30-18-9-17(29-2)15(21(23)25-22(24)32(3,4)5)8-14(18)20(16)27(26-19)13-6-7-31-11-13;1-5-6-7-10-8-9(2,3)4/h6-9,11,22H,10,24H2,1-5H3,(H2,23,25);5-8H2,1-4H3. The monoisotopic (exact) mass is 617 g/mol. The maximum absolute atomic E-state index is 12.3. The third kappa shape index (κ3) is 8.37. The second kappa shape index (κ2) is 14.1. The Bertz CT molecular complexity index is 1390. The van der Waals surface area contributed by atoms with Crippen LogP contribution in [0.4, 0.5) is 0 Å². The minimum absolute atomic E-state index is 0.115. The second-order valence-corrected chi connectivity index (χ2v) is 17.4. The van der Waals surface area contributed by atoms with Gasteiger partial charge in [0.05, 0.1) is 30.7 Å². The van der Waals surface area contributed by atoms with Crippen molar-refractivity contribution in [1.29, 1.82) is 0 Å². The summed E-state index contributed by atoms with van der Waals surface area (Å²) in [5.41, 5.74) is 16.8. The first-order valence-corrected chi connectivity index (χ1v) is 17.9. The molecule has 232 valence electrons. The molecule has 3 heterocycles. The third-order valence-corrected chi connectivity index (χ3v) is 8.67. The Kier molecular flexibility index (Phi) is 11.3. The number of carbonyl (C=O) groups is 1. The minimum atomic E-state index is -1.14. The Balaban J connectivity index is 0.000000416. The van der Waals surface area contributed by atoms with Crippen molar-refractivity contribution in [3.05, 3.63) is 45.8 Å². The van der Waals surface area contributed by atoms with Crippen LogP contribution in [0.3, 0.4) is 0 Å². The Morgan fingerprint density at radius 1 is 1.29 bits per heavy atom. The lowest BCUT2D eigenvalue weighted by atomic mass is 9.98. The van der Waals surface area contributed by atoms with Crippen LogP contribution in [0.2, 0.25) is 0 Å². The van der Waals surface area contributed by atoms with Crippen LogP contribution in [0, 0.1) is 5.41 Å². The van der Waals surface area contributed by atoms with Gasteiger partial charge in [0.15, 0.2) is 5.78 Å². The quantitative estimate of drug-likeness (QED) is 0.120. The molecule has 0 fully saturated rings. The number of aliphatic imine (C=N–C) groups is 1. The Morgan fingerprint density at radius 3 is 2.55 bits per heavy atom. The molecule has 9 nitrogen and oxygen atoms in total. The normalized spacial score (nSPS) is 14.2. The minimum Gasteiger partial charge on any atom is -0.496 e. The van der Waals surface area contributed by atoms with Crippen LogP contribution < -0.4 is 20.9 Å². The van der Waals surface area contributed by atoms with Crippen LogP contribution in [0.5, 0.6) is 11.5 Å². The van der Waals surface area contributed by atoms with Gasteiger partial charge in [-0.3, -0.25) is 4.79 Å². The van der Waals surface area contributed by atoms with Crippen LogP contribution >= 0.6 is 21.4 Å². The Morgan fingerprint density at radius 2 is 2.00 bits per heavy atom. The van der Waals surface area contributed by atoms with E-state index in [4.69, 9.17) is 25.7 Å². The van der Waals surface area contributed by atoms with Crippen LogP contribution in [-0.2, 0) is 11.3 Å². The summed E-state index contributed by atoms with van der Waals surface area (Å²) < 4.78 is 18.8. The van der Waals surface area contributed by atoms with E-state index < -0.39 is 15.5 Å². The van der Waals surface area contributed by atoms with E-state index in [1.807, 2.05) is 22.9 Å². The number of carbonyl (C=O) groups excluding carboxylic acids is 1. The van der Waals surface area contributed by atoms with E-state index in [-0.39, 0.29) is 12.4 Å². The molecule has 1 aromatic carbocycles. The fourth-order valence-corrected chi connectivity index (χ4v) is 5.13. The van der Waals surface area contributed by atoms with E-state index in [9.17, 15) is 4.79 Å². The van der Waals surface area contributed by atoms with Gasteiger partial charge in [0, 0.05) is 36.1 Å². The van der Waals surface area contributed by atoms with Crippen molar-refractivity contribution in [1.82, 2.24) is 9.78 Å². The van der Waals surface area contributed by atoms with E-state index >= 15 is 0 Å². The number of nitrogens with zero attached hydrogens (tertiary/aromatic N) is 3. The maximum atomic E-state index is 12.3. The molecular formula is C31H47N5O4S2. The van der Waals surface area contributed by atoms with Gasteiger partial charge in [0.1, 0.15) is 35.1 Å². The summed E-state index contributed by atoms with van der Waals surface area (Å²) in [5, 5.41) is 8.57. The van der Waals surface area contributed by atoms with E-state index in [2.05, 4.69) is 56.6 Å². The molecule has 0 saturated heterocycles. The zero-order valence-electron chi connectivity index (χ0n) is 26.4. The average molecular weight is 618 g/mol. The number of thiophene rings is 1. The SMILES string of the molecule is CCCCOCC(C)(C)C.COc1cc2c(cc1/C(N)=N/C(N)S(C)(C)C)-c1c(c(C(C)=O)nn1-c1ccsc1)CO2. The largest absolute Gasteiger partial charge is 0.496 e. The second-order valence-electron chi connectivity index (χ2n) is 12.3. The number of rotatable bonds is 10. The molecule has 3 aromatic rings. The van der Waals surface area contributed by atoms with Crippen molar-refractivity contribution in [2.45, 2.75) is 59.6 Å². The number of aromatic nitrogens is 2. The highest BCUT2D eigenvalue weighted by Gasteiger charge is 2.31. The highest BCUT2D eigenvalue weighted by Crippen LogP contribution is 2.44. The molecular weight excluding hydrogens is 571 g/mol. The Hall–Kier alpha value is -2.86. The predicted octanol–water partition coefficient (Wildman–Crippen LogP) is 6.20. The first-order valence-electron chi connectivity index (χ1n) is 14.0. The third-order valence-electron chi connectivity index (χ3n) is 6.44. The first-order chi connectivity index (χ1) is 19.7. The van der Waals surface area contributed by atoms with Crippen molar-refractivity contribution in [3.63, 3.8) is 0 Å². The van der Waals surface area contributed by atoms with Gasteiger partial charge in [0.2, 0.25) is 0 Å². The molecule has 0 bridgehead atoms. The zero-order valence-corrected chi connectivity index (χ0v) is 28.1. The predicted molar refractivity (Wildman–Crippen MR) is 177 cm³/mol. The maximum Gasteiger partial charge on any atom is 0.180 e. The molecule has 0 aliphatic carbocycles. The number of nitrogens with two attached hydrogens (primary N) is 2. The van der Waals surface area contributed by atoms with Gasteiger partial charge in [-0.15, -0.1) is 0 Å². The van der Waals surface area contributed by atoms with Crippen molar-refractivity contribution in [2.24, 2.45) is 21.9 Å². The van der Waals surface area contributed by atoms with Crippen LogP contribution in [0.25, 0.3) is 16.9 Å². The van der Waals surface area contributed by atoms with Crippen LogP contribution in [-0.4, -0.2) is 66.0 Å². The first kappa shape index (κ1) is 33.6. The van der Waals surface area contributed by atoms with Gasteiger partial charge in [-0.1, -0.05) is 34.1 Å². The number of amidine groups is 1. The number of hydrogen-bond acceptors (Lipinski definition) is 8. The van der Waals surface area contributed by atoms with Crippen molar-refractivity contribution in [3.8, 4) is 28.4 Å². The van der Waals surface area contributed by atoms with Gasteiger partial charge in [0.25, 0.3) is 0 Å². The van der Waals surface area contributed by atoms with Crippen molar-refractivity contribution < 1.29 is 19.0 Å². The summed E-state index contributed by atoms with van der Waals surface area (Å²) >= 11 is 1.56. The lowest BCUT2D eigenvalue weighted by Crippen LogP contribution is -2.28. The lowest BCUT2D eigenvalue weighted by Gasteiger charge is -2.30. The summed E-state index contributed by atoms with van der Waals surface area (Å²) in [5.74, 6) is 1.34. The van der Waals surface area contributed by atoms with E-state index in [1.165, 1.54) is 19.8 Å². The number of unbranched alkanes of at least 4 members (excludes halogenated alkanes) is 1. The molecule has 42 heavy (non-hydrogen) atoms. The number of ketones is 1. The molecule has 0 amide bonds. The van der Waals surface area contributed by atoms with E-state index in [1.54, 1.807) is 29.2 Å². The number of hydrogen-bond donors (Lipinski definition) is 2. The molecule has 2 aromatic heterocycles. The highest BCUT2D eigenvalue weighted by atomic mass is 32.3. The van der Waals surface area contributed by atoms with E-state index in [0.29, 0.717) is 34.0 Å². The van der Waals surface area contributed by atoms with Crippen LogP contribution in [0.15, 0.2) is 34.0 Å². The summed E-state index contributed by atoms with van der Waals surface area (Å²) in [4.78, 5) is 16.9. The van der Waals surface area contributed by atoms with Crippen molar-refractivity contribution in [2.75, 3.05) is 39.1 Å². The van der Waals surface area contributed by atoms with Gasteiger partial charge < -0.3 is 25.7 Å². The molecule has 1 aliphatic heterocycles. The smallest absolute Gasteiger partial charge is 0.180 e. The molecule has 4 rings (SSSR count). The molecule has 4 N–H and O–H groups in total. The Labute approximate surface area is 255 Å². The van der Waals surface area contributed by atoms with Gasteiger partial charge >= 0.3 is 0 Å². The topological polar surface area (TPSA) is 127 Å². The molecule has 0 saturated carbocycles. The fourth-order valence-electron chi connectivity index (χ4n) is 4.09. The van der Waals surface area contributed by atoms with Gasteiger partial charge in [-0.2, -0.15) is 16.4 Å². The zero-order chi connectivity index (χ0) is 31.2. The lowest BCUT2D eigenvalue weighted by molar-refractivity contribution is 0.0694. The summed E-state index contributed by atoms with van der Waals surface area (Å²) in [6.07, 6.45) is 8.67.